The Balaban J connectivity index is 2.31. The van der Waals surface area contributed by atoms with Crippen molar-refractivity contribution in [2.45, 2.75) is 70.9 Å². The number of ketones is 1. The number of hydrogen-bond acceptors (Lipinski definition) is 3. The molecule has 2 N–H and O–H groups in total. The van der Waals surface area contributed by atoms with Gasteiger partial charge in [-0.2, -0.15) is 0 Å². The highest BCUT2D eigenvalue weighted by atomic mass is 16.2. The van der Waals surface area contributed by atoms with E-state index in [-0.39, 0.29) is 41.4 Å². The van der Waals surface area contributed by atoms with Crippen LogP contribution in [0.1, 0.15) is 59.3 Å². The molecular formula is C19H30N2O3. The van der Waals surface area contributed by atoms with Gasteiger partial charge in [-0.25, -0.2) is 0 Å². The van der Waals surface area contributed by atoms with Crippen LogP contribution in [0.4, 0.5) is 0 Å². The van der Waals surface area contributed by atoms with Crippen molar-refractivity contribution in [2.75, 3.05) is 0 Å². The molecule has 5 nitrogen and oxygen atoms in total. The van der Waals surface area contributed by atoms with Crippen LogP contribution in [0.2, 0.25) is 0 Å². The predicted molar refractivity (Wildman–Crippen MR) is 93.2 cm³/mol. The number of carbonyl (C=O) groups excluding carboxylic acids is 3. The van der Waals surface area contributed by atoms with Crippen LogP contribution in [0.15, 0.2) is 12.7 Å². The van der Waals surface area contributed by atoms with Crippen LogP contribution < -0.4 is 10.6 Å². The molecular weight excluding hydrogens is 304 g/mol. The Labute approximate surface area is 144 Å². The van der Waals surface area contributed by atoms with E-state index in [1.807, 2.05) is 6.92 Å². The number of amides is 2. The number of nitrogens with one attached hydrogen (secondary N) is 2. The highest BCUT2D eigenvalue weighted by Crippen LogP contribution is 2.53. The summed E-state index contributed by atoms with van der Waals surface area (Å²) in [5.74, 6) is 0.247. The molecule has 2 aliphatic rings. The second-order valence-corrected chi connectivity index (χ2v) is 7.52. The summed E-state index contributed by atoms with van der Waals surface area (Å²) in [7, 11) is 0. The quantitative estimate of drug-likeness (QED) is 0.702. The van der Waals surface area contributed by atoms with Crippen molar-refractivity contribution in [1.82, 2.24) is 10.6 Å². The lowest BCUT2D eigenvalue weighted by atomic mass is 9.78. The summed E-state index contributed by atoms with van der Waals surface area (Å²) < 4.78 is 0. The van der Waals surface area contributed by atoms with Crippen molar-refractivity contribution in [2.24, 2.45) is 17.8 Å². The van der Waals surface area contributed by atoms with Crippen LogP contribution in [0.25, 0.3) is 0 Å². The molecule has 0 heterocycles. The molecule has 2 fully saturated rings. The molecule has 24 heavy (non-hydrogen) atoms. The largest absolute Gasteiger partial charge is 0.352 e. The van der Waals surface area contributed by atoms with E-state index in [9.17, 15) is 14.4 Å². The smallest absolute Gasteiger partial charge is 0.246 e. The van der Waals surface area contributed by atoms with Crippen LogP contribution in [0.3, 0.4) is 0 Å². The van der Waals surface area contributed by atoms with E-state index in [1.54, 1.807) is 6.08 Å². The normalized spacial score (nSPS) is 33.0. The van der Waals surface area contributed by atoms with Gasteiger partial charge in [0.05, 0.1) is 0 Å². The lowest BCUT2D eigenvalue weighted by Crippen LogP contribution is -2.62. The van der Waals surface area contributed by atoms with Gasteiger partial charge >= 0.3 is 0 Å². The highest BCUT2D eigenvalue weighted by molar-refractivity contribution is 5.93. The Bertz CT molecular complexity index is 531. The molecule has 0 saturated heterocycles. The summed E-state index contributed by atoms with van der Waals surface area (Å²) in [6.45, 7) is 9.35. The van der Waals surface area contributed by atoms with Crippen LogP contribution in [0, 0.1) is 17.8 Å². The van der Waals surface area contributed by atoms with E-state index >= 15 is 0 Å². The van der Waals surface area contributed by atoms with Crippen LogP contribution >= 0.6 is 0 Å². The minimum absolute atomic E-state index is 0.0656. The standard InChI is InChI=1S/C19H30N2O3/c1-5-7-12(3)20-18(24)19(21-13(4)22)11-14-9-15(23)10-16(14)17(19)8-6-2/h6,12,14,16-17H,2,5,7-11H2,1,3-4H3,(H,20,24)(H,21,22)/t12?,14-,16-,17+,19+/m1/s1. The number of rotatable bonds is 7. The number of Topliss-reactive ketones (excluding diaryl/α,β-unsaturated/α-hetero) is 1. The Kier molecular flexibility index (Phi) is 5.83. The molecule has 5 heteroatoms. The summed E-state index contributed by atoms with van der Waals surface area (Å²) in [5, 5.41) is 6.06. The minimum Gasteiger partial charge on any atom is -0.352 e. The number of carbonyl (C=O) groups is 3. The first-order valence-electron chi connectivity index (χ1n) is 9.06. The van der Waals surface area contributed by atoms with Gasteiger partial charge < -0.3 is 10.6 Å². The molecule has 134 valence electrons. The summed E-state index contributed by atoms with van der Waals surface area (Å²) in [6, 6.07) is 0.0691. The first-order valence-corrected chi connectivity index (χ1v) is 9.06. The van der Waals surface area contributed by atoms with E-state index < -0.39 is 5.54 Å². The van der Waals surface area contributed by atoms with Crippen molar-refractivity contribution in [1.29, 1.82) is 0 Å². The van der Waals surface area contributed by atoms with Crippen molar-refractivity contribution in [3.8, 4) is 0 Å². The first kappa shape index (κ1) is 18.7. The minimum atomic E-state index is -0.919. The van der Waals surface area contributed by atoms with Gasteiger partial charge in [0.2, 0.25) is 11.8 Å². The van der Waals surface area contributed by atoms with Crippen LogP contribution in [-0.2, 0) is 14.4 Å². The molecule has 2 aliphatic carbocycles. The summed E-state index contributed by atoms with van der Waals surface area (Å²) in [5.41, 5.74) is -0.919. The van der Waals surface area contributed by atoms with Gasteiger partial charge in [0.1, 0.15) is 11.3 Å². The molecule has 5 atom stereocenters. The lowest BCUT2D eigenvalue weighted by Gasteiger charge is -2.37. The summed E-state index contributed by atoms with van der Waals surface area (Å²) in [4.78, 5) is 36.9. The number of allylic oxidation sites excluding steroid dienone is 1. The maximum absolute atomic E-state index is 13.1. The second-order valence-electron chi connectivity index (χ2n) is 7.52. The maximum atomic E-state index is 13.1. The molecule has 2 saturated carbocycles. The Hall–Kier alpha value is -1.65. The van der Waals surface area contributed by atoms with Gasteiger partial charge in [0, 0.05) is 25.8 Å². The second kappa shape index (κ2) is 7.49. The van der Waals surface area contributed by atoms with Gasteiger partial charge in [0.25, 0.3) is 0 Å². The first-order chi connectivity index (χ1) is 11.3. The van der Waals surface area contributed by atoms with E-state index in [2.05, 4.69) is 24.1 Å². The molecule has 0 bridgehead atoms. The van der Waals surface area contributed by atoms with Crippen molar-refractivity contribution in [3.63, 3.8) is 0 Å². The highest BCUT2D eigenvalue weighted by Gasteiger charge is 2.60. The zero-order valence-corrected chi connectivity index (χ0v) is 15.1. The van der Waals surface area contributed by atoms with Gasteiger partial charge in [-0.05, 0) is 43.9 Å². The average Bonchev–Trinajstić information content (AvgIpc) is 2.95. The van der Waals surface area contributed by atoms with E-state index in [0.29, 0.717) is 25.7 Å². The Morgan fingerprint density at radius 3 is 2.71 bits per heavy atom. The van der Waals surface area contributed by atoms with Gasteiger partial charge in [-0.1, -0.05) is 19.4 Å². The number of fused-ring (bicyclic) bond motifs is 1. The van der Waals surface area contributed by atoms with Crippen molar-refractivity contribution < 1.29 is 14.4 Å². The molecule has 1 unspecified atom stereocenters. The fraction of sp³-hybridized carbons (Fsp3) is 0.737. The molecule has 0 aromatic rings. The van der Waals surface area contributed by atoms with E-state index in [1.165, 1.54) is 6.92 Å². The van der Waals surface area contributed by atoms with Crippen molar-refractivity contribution in [3.05, 3.63) is 12.7 Å². The van der Waals surface area contributed by atoms with E-state index in [0.717, 1.165) is 12.8 Å². The lowest BCUT2D eigenvalue weighted by molar-refractivity contribution is -0.135. The predicted octanol–water partition coefficient (Wildman–Crippen LogP) is 2.36. The van der Waals surface area contributed by atoms with Gasteiger partial charge in [-0.3, -0.25) is 14.4 Å². The average molecular weight is 334 g/mol. The SMILES string of the molecule is C=CC[C@H]1[C@@H]2CC(=O)C[C@@H]2C[C@@]1(NC(C)=O)C(=O)NC(C)CCC. The molecule has 0 aromatic carbocycles. The monoisotopic (exact) mass is 334 g/mol. The molecule has 0 radical (unpaired) electrons. The third-order valence-corrected chi connectivity index (χ3v) is 5.62. The fourth-order valence-electron chi connectivity index (χ4n) is 4.77. The summed E-state index contributed by atoms with van der Waals surface area (Å²) in [6.07, 6.45) is 5.91. The topological polar surface area (TPSA) is 75.3 Å². The summed E-state index contributed by atoms with van der Waals surface area (Å²) >= 11 is 0. The zero-order chi connectivity index (χ0) is 17.9. The van der Waals surface area contributed by atoms with Gasteiger partial charge in [-0.15, -0.1) is 6.58 Å². The number of hydrogen-bond donors (Lipinski definition) is 2. The molecule has 0 aromatic heterocycles. The maximum Gasteiger partial charge on any atom is 0.246 e. The molecule has 2 amide bonds. The van der Waals surface area contributed by atoms with Crippen molar-refractivity contribution >= 4 is 17.6 Å². The Morgan fingerprint density at radius 2 is 2.12 bits per heavy atom. The fourth-order valence-corrected chi connectivity index (χ4v) is 4.77. The third kappa shape index (κ3) is 3.55. The molecule has 2 rings (SSSR count). The third-order valence-electron chi connectivity index (χ3n) is 5.62. The van der Waals surface area contributed by atoms with Crippen LogP contribution in [-0.4, -0.2) is 29.2 Å². The molecule has 0 spiro atoms. The zero-order valence-electron chi connectivity index (χ0n) is 15.1. The van der Waals surface area contributed by atoms with Gasteiger partial charge in [0.15, 0.2) is 0 Å². The van der Waals surface area contributed by atoms with E-state index in [4.69, 9.17) is 0 Å². The molecule has 0 aliphatic heterocycles. The van der Waals surface area contributed by atoms with Crippen LogP contribution in [0.5, 0.6) is 0 Å². The Morgan fingerprint density at radius 1 is 1.42 bits per heavy atom.